The summed E-state index contributed by atoms with van der Waals surface area (Å²) in [5.74, 6) is -0.202. The number of nitrogens with one attached hydrogen (secondary N) is 2. The van der Waals surface area contributed by atoms with Gasteiger partial charge in [0.1, 0.15) is 4.60 Å². The summed E-state index contributed by atoms with van der Waals surface area (Å²) in [6.07, 6.45) is 0.816. The molecular weight excluding hydrogens is 390 g/mol. The summed E-state index contributed by atoms with van der Waals surface area (Å²) in [6.45, 7) is 5.36. The third-order valence-corrected chi connectivity index (χ3v) is 4.70. The topological polar surface area (TPSA) is 75.6 Å². The van der Waals surface area contributed by atoms with E-state index in [4.69, 9.17) is 0 Å². The number of H-pyrrole nitrogens is 1. The van der Waals surface area contributed by atoms with E-state index in [1.807, 2.05) is 24.6 Å². The van der Waals surface area contributed by atoms with E-state index < -0.39 is 0 Å². The van der Waals surface area contributed by atoms with Crippen LogP contribution in [0.4, 0.5) is 0 Å². The van der Waals surface area contributed by atoms with Crippen LogP contribution in [0, 0.1) is 13.8 Å². The van der Waals surface area contributed by atoms with E-state index in [1.54, 1.807) is 0 Å². The van der Waals surface area contributed by atoms with Crippen molar-refractivity contribution in [1.82, 2.24) is 25.3 Å². The van der Waals surface area contributed by atoms with E-state index in [9.17, 15) is 4.79 Å². The van der Waals surface area contributed by atoms with Crippen molar-refractivity contribution < 1.29 is 4.79 Å². The highest BCUT2D eigenvalue weighted by molar-refractivity contribution is 9.13. The lowest BCUT2D eigenvalue weighted by Crippen LogP contribution is -2.26. The van der Waals surface area contributed by atoms with Crippen molar-refractivity contribution in [3.8, 4) is 0 Å². The first kappa shape index (κ1) is 15.2. The second kappa shape index (κ2) is 6.53. The van der Waals surface area contributed by atoms with Crippen molar-refractivity contribution in [3.63, 3.8) is 0 Å². The van der Waals surface area contributed by atoms with E-state index in [0.717, 1.165) is 24.4 Å². The van der Waals surface area contributed by atoms with E-state index >= 15 is 0 Å². The molecule has 2 N–H and O–H groups in total. The Kier molecular flexibility index (Phi) is 4.98. The molecule has 0 aliphatic carbocycles. The molecule has 0 aliphatic rings. The van der Waals surface area contributed by atoms with Crippen molar-refractivity contribution in [3.05, 3.63) is 32.2 Å². The van der Waals surface area contributed by atoms with Crippen LogP contribution < -0.4 is 5.32 Å². The third-order valence-electron chi connectivity index (χ3n) is 2.82. The standard InChI is InChI=1S/C12H15Br2N5O/c1-7-6-8(2)19(18-7)5-3-4-15-12(20)10-9(13)11(14)17-16-10/h6H,3-5H2,1-2H3,(H,15,20)(H,16,17). The van der Waals surface area contributed by atoms with Crippen LogP contribution in [0.1, 0.15) is 28.3 Å². The summed E-state index contributed by atoms with van der Waals surface area (Å²) >= 11 is 6.54. The predicted octanol–water partition coefficient (Wildman–Crippen LogP) is 2.57. The number of aromatic nitrogens is 4. The fourth-order valence-electron chi connectivity index (χ4n) is 1.87. The van der Waals surface area contributed by atoms with E-state index in [-0.39, 0.29) is 5.91 Å². The van der Waals surface area contributed by atoms with Gasteiger partial charge in [0.2, 0.25) is 0 Å². The molecule has 0 fully saturated rings. The Hall–Kier alpha value is -1.15. The fourth-order valence-corrected chi connectivity index (χ4v) is 2.51. The van der Waals surface area contributed by atoms with E-state index in [1.165, 1.54) is 0 Å². The van der Waals surface area contributed by atoms with Gasteiger partial charge in [0.25, 0.3) is 5.91 Å². The molecule has 0 saturated heterocycles. The Morgan fingerprint density at radius 2 is 2.20 bits per heavy atom. The zero-order chi connectivity index (χ0) is 14.7. The SMILES string of the molecule is Cc1cc(C)n(CCCNC(=O)c2n[nH]c(Br)c2Br)n1. The van der Waals surface area contributed by atoms with Gasteiger partial charge < -0.3 is 5.32 Å². The molecule has 0 aromatic carbocycles. The van der Waals surface area contributed by atoms with Gasteiger partial charge in [0.15, 0.2) is 5.69 Å². The average molecular weight is 405 g/mol. The Labute approximate surface area is 133 Å². The lowest BCUT2D eigenvalue weighted by atomic mass is 10.3. The lowest BCUT2D eigenvalue weighted by molar-refractivity contribution is 0.0947. The van der Waals surface area contributed by atoms with Gasteiger partial charge in [-0.05, 0) is 58.2 Å². The van der Waals surface area contributed by atoms with Gasteiger partial charge in [0.05, 0.1) is 10.2 Å². The number of nitrogens with zero attached hydrogens (tertiary/aromatic N) is 3. The van der Waals surface area contributed by atoms with Crippen molar-refractivity contribution >= 4 is 37.8 Å². The molecule has 2 rings (SSSR count). The van der Waals surface area contributed by atoms with Gasteiger partial charge >= 0.3 is 0 Å². The molecule has 0 radical (unpaired) electrons. The molecule has 0 aliphatic heterocycles. The maximum absolute atomic E-state index is 11.9. The molecule has 0 saturated carbocycles. The largest absolute Gasteiger partial charge is 0.351 e. The number of amides is 1. The molecule has 8 heteroatoms. The number of aryl methyl sites for hydroxylation is 3. The van der Waals surface area contributed by atoms with Crippen LogP contribution in [-0.2, 0) is 6.54 Å². The van der Waals surface area contributed by atoms with Crippen LogP contribution >= 0.6 is 31.9 Å². The van der Waals surface area contributed by atoms with Gasteiger partial charge in [-0.2, -0.15) is 10.2 Å². The highest BCUT2D eigenvalue weighted by Crippen LogP contribution is 2.23. The molecule has 0 atom stereocenters. The Bertz CT molecular complexity index is 619. The minimum absolute atomic E-state index is 0.202. The van der Waals surface area contributed by atoms with Gasteiger partial charge in [-0.15, -0.1) is 0 Å². The summed E-state index contributed by atoms with van der Waals surface area (Å²) in [6, 6.07) is 2.04. The normalized spacial score (nSPS) is 10.8. The van der Waals surface area contributed by atoms with Crippen molar-refractivity contribution in [2.24, 2.45) is 0 Å². The predicted molar refractivity (Wildman–Crippen MR) is 82.6 cm³/mol. The quantitative estimate of drug-likeness (QED) is 0.752. The zero-order valence-corrected chi connectivity index (χ0v) is 14.4. The average Bonchev–Trinajstić information content (AvgIpc) is 2.89. The first-order valence-corrected chi connectivity index (χ1v) is 7.76. The van der Waals surface area contributed by atoms with Crippen molar-refractivity contribution in [2.75, 3.05) is 6.54 Å². The summed E-state index contributed by atoms with van der Waals surface area (Å²) in [4.78, 5) is 11.9. The number of hydrogen-bond donors (Lipinski definition) is 2. The maximum atomic E-state index is 11.9. The Balaban J connectivity index is 1.80. The molecule has 108 valence electrons. The molecule has 6 nitrogen and oxygen atoms in total. The van der Waals surface area contributed by atoms with E-state index in [2.05, 4.69) is 52.5 Å². The Morgan fingerprint density at radius 3 is 2.75 bits per heavy atom. The molecule has 0 spiro atoms. The van der Waals surface area contributed by atoms with E-state index in [0.29, 0.717) is 21.3 Å². The zero-order valence-electron chi connectivity index (χ0n) is 11.2. The number of carbonyl (C=O) groups excluding carboxylic acids is 1. The summed E-state index contributed by atoms with van der Waals surface area (Å²) in [5.41, 5.74) is 2.49. The molecule has 0 unspecified atom stereocenters. The smallest absolute Gasteiger partial charge is 0.273 e. The number of hydrogen-bond acceptors (Lipinski definition) is 3. The Morgan fingerprint density at radius 1 is 1.45 bits per heavy atom. The third kappa shape index (κ3) is 3.49. The minimum Gasteiger partial charge on any atom is -0.351 e. The molecule has 20 heavy (non-hydrogen) atoms. The summed E-state index contributed by atoms with van der Waals surface area (Å²) < 4.78 is 3.24. The van der Waals surface area contributed by atoms with Crippen molar-refractivity contribution in [1.29, 1.82) is 0 Å². The number of carbonyl (C=O) groups is 1. The first-order valence-electron chi connectivity index (χ1n) is 6.17. The number of halogens is 2. The molecule has 0 bridgehead atoms. The molecule has 2 aromatic rings. The monoisotopic (exact) mass is 403 g/mol. The first-order chi connectivity index (χ1) is 9.49. The summed E-state index contributed by atoms with van der Waals surface area (Å²) in [5, 5.41) is 13.8. The van der Waals surface area contributed by atoms with Gasteiger partial charge in [-0.25, -0.2) is 0 Å². The second-order valence-electron chi connectivity index (χ2n) is 4.46. The highest BCUT2D eigenvalue weighted by Gasteiger charge is 2.15. The lowest BCUT2D eigenvalue weighted by Gasteiger charge is -2.05. The number of aromatic amines is 1. The van der Waals surface area contributed by atoms with Crippen LogP contribution in [0.3, 0.4) is 0 Å². The molecule has 1 amide bonds. The van der Waals surface area contributed by atoms with Crippen LogP contribution in [0.5, 0.6) is 0 Å². The number of rotatable bonds is 5. The second-order valence-corrected chi connectivity index (χ2v) is 6.05. The van der Waals surface area contributed by atoms with Gasteiger partial charge in [-0.1, -0.05) is 0 Å². The van der Waals surface area contributed by atoms with Crippen LogP contribution in [-0.4, -0.2) is 32.4 Å². The highest BCUT2D eigenvalue weighted by atomic mass is 79.9. The molecule has 2 heterocycles. The van der Waals surface area contributed by atoms with Gasteiger partial charge in [-0.3, -0.25) is 14.6 Å². The minimum atomic E-state index is -0.202. The molecule has 2 aromatic heterocycles. The maximum Gasteiger partial charge on any atom is 0.273 e. The van der Waals surface area contributed by atoms with Crippen LogP contribution in [0.25, 0.3) is 0 Å². The van der Waals surface area contributed by atoms with Gasteiger partial charge in [0, 0.05) is 18.8 Å². The van der Waals surface area contributed by atoms with Crippen molar-refractivity contribution in [2.45, 2.75) is 26.8 Å². The van der Waals surface area contributed by atoms with Crippen LogP contribution in [0.15, 0.2) is 15.1 Å². The fraction of sp³-hybridized carbons (Fsp3) is 0.417. The molecular formula is C12H15Br2N5O. The van der Waals surface area contributed by atoms with Crippen LogP contribution in [0.2, 0.25) is 0 Å². The summed E-state index contributed by atoms with van der Waals surface area (Å²) in [7, 11) is 0.